The highest BCUT2D eigenvalue weighted by Crippen LogP contribution is 2.05. The molecule has 2 rings (SSSR count). The molecule has 1 aromatic carbocycles. The van der Waals surface area contributed by atoms with Crippen LogP contribution < -0.4 is 10.9 Å². The quantitative estimate of drug-likeness (QED) is 0.723. The predicted molar refractivity (Wildman–Crippen MR) is 91.3 cm³/mol. The van der Waals surface area contributed by atoms with Gasteiger partial charge in [0.05, 0.1) is 12.7 Å². The number of rotatable bonds is 7. The Kier molecular flexibility index (Phi) is 6.67. The summed E-state index contributed by atoms with van der Waals surface area (Å²) in [5, 5.41) is 2.59. The number of esters is 2. The summed E-state index contributed by atoms with van der Waals surface area (Å²) < 4.78 is 10.6. The number of hydrogen-bond donors (Lipinski definition) is 1. The van der Waals surface area contributed by atoms with E-state index in [0.29, 0.717) is 5.56 Å². The zero-order chi connectivity index (χ0) is 18.9. The average Bonchev–Trinajstić information content (AvgIpc) is 2.66. The van der Waals surface area contributed by atoms with E-state index in [1.807, 2.05) is 0 Å². The van der Waals surface area contributed by atoms with Crippen LogP contribution in [0.5, 0.6) is 0 Å². The molecule has 1 aromatic heterocycles. The molecule has 136 valence electrons. The number of aromatic nitrogens is 1. The Morgan fingerprint density at radius 3 is 2.46 bits per heavy atom. The summed E-state index contributed by atoms with van der Waals surface area (Å²) in [4.78, 5) is 46.2. The van der Waals surface area contributed by atoms with E-state index in [-0.39, 0.29) is 18.6 Å². The molecule has 0 spiro atoms. The van der Waals surface area contributed by atoms with Gasteiger partial charge in [-0.3, -0.25) is 14.4 Å². The van der Waals surface area contributed by atoms with Gasteiger partial charge >= 0.3 is 11.9 Å². The normalized spacial score (nSPS) is 10.0. The van der Waals surface area contributed by atoms with Crippen molar-refractivity contribution in [3.8, 4) is 0 Å². The van der Waals surface area contributed by atoms with Crippen LogP contribution in [-0.4, -0.2) is 36.1 Å². The zero-order valence-corrected chi connectivity index (χ0v) is 14.1. The molecule has 0 atom stereocenters. The fourth-order valence-electron chi connectivity index (χ4n) is 2.05. The lowest BCUT2D eigenvalue weighted by atomic mass is 10.1. The second kappa shape index (κ2) is 9.16. The van der Waals surface area contributed by atoms with Gasteiger partial charge in [0.2, 0.25) is 0 Å². The lowest BCUT2D eigenvalue weighted by Crippen LogP contribution is -2.30. The Labute approximate surface area is 149 Å². The van der Waals surface area contributed by atoms with E-state index < -0.39 is 24.5 Å². The minimum Gasteiger partial charge on any atom is -0.465 e. The van der Waals surface area contributed by atoms with E-state index in [0.717, 1.165) is 5.56 Å². The van der Waals surface area contributed by atoms with E-state index in [1.54, 1.807) is 36.4 Å². The Morgan fingerprint density at radius 1 is 1.08 bits per heavy atom. The monoisotopic (exact) mass is 358 g/mol. The summed E-state index contributed by atoms with van der Waals surface area (Å²) in [6, 6.07) is 11.0. The number of methoxy groups -OCH3 is 1. The first-order valence-electron chi connectivity index (χ1n) is 7.74. The predicted octanol–water partition coefficient (Wildman–Crippen LogP) is 0.494. The van der Waals surface area contributed by atoms with Crippen LogP contribution >= 0.6 is 0 Å². The highest BCUT2D eigenvalue weighted by molar-refractivity contribution is 5.89. The topological polar surface area (TPSA) is 104 Å². The molecule has 26 heavy (non-hydrogen) atoms. The number of ether oxygens (including phenoxy) is 2. The van der Waals surface area contributed by atoms with Crippen molar-refractivity contribution in [2.75, 3.05) is 13.7 Å². The number of pyridine rings is 1. The van der Waals surface area contributed by atoms with E-state index in [2.05, 4.69) is 10.1 Å². The van der Waals surface area contributed by atoms with Crippen molar-refractivity contribution in [1.82, 2.24) is 9.88 Å². The van der Waals surface area contributed by atoms with Gasteiger partial charge in [-0.2, -0.15) is 0 Å². The first kappa shape index (κ1) is 18.9. The van der Waals surface area contributed by atoms with Crippen LogP contribution in [0.2, 0.25) is 0 Å². The molecule has 1 N–H and O–H groups in total. The smallest absolute Gasteiger partial charge is 0.337 e. The van der Waals surface area contributed by atoms with Crippen LogP contribution in [0.4, 0.5) is 0 Å². The molecule has 0 aliphatic heterocycles. The molecule has 0 radical (unpaired) electrons. The fraction of sp³-hybridized carbons (Fsp3) is 0.222. The number of carbonyl (C=O) groups is 3. The van der Waals surface area contributed by atoms with E-state index >= 15 is 0 Å². The lowest BCUT2D eigenvalue weighted by molar-refractivity contribution is -0.149. The Hall–Kier alpha value is -3.42. The summed E-state index contributed by atoms with van der Waals surface area (Å²) in [6.07, 6.45) is 1.46. The van der Waals surface area contributed by atoms with Crippen molar-refractivity contribution in [2.24, 2.45) is 0 Å². The molecule has 0 saturated heterocycles. The van der Waals surface area contributed by atoms with Crippen molar-refractivity contribution < 1.29 is 23.9 Å². The first-order valence-corrected chi connectivity index (χ1v) is 7.74. The van der Waals surface area contributed by atoms with Gasteiger partial charge in [-0.1, -0.05) is 18.2 Å². The van der Waals surface area contributed by atoms with Crippen LogP contribution in [0.1, 0.15) is 15.9 Å². The van der Waals surface area contributed by atoms with Crippen molar-refractivity contribution in [2.45, 2.75) is 13.1 Å². The highest BCUT2D eigenvalue weighted by Gasteiger charge is 2.09. The maximum Gasteiger partial charge on any atom is 0.337 e. The minimum atomic E-state index is -0.684. The van der Waals surface area contributed by atoms with Crippen molar-refractivity contribution in [3.63, 3.8) is 0 Å². The third-order valence-electron chi connectivity index (χ3n) is 3.43. The number of amides is 1. The lowest BCUT2D eigenvalue weighted by Gasteiger charge is -2.08. The van der Waals surface area contributed by atoms with E-state index in [4.69, 9.17) is 4.74 Å². The Balaban J connectivity index is 1.75. The van der Waals surface area contributed by atoms with Crippen molar-refractivity contribution >= 4 is 17.8 Å². The second-order valence-corrected chi connectivity index (χ2v) is 5.29. The molecule has 1 amide bonds. The Bertz CT molecular complexity index is 841. The fourth-order valence-corrected chi connectivity index (χ4v) is 2.05. The number of nitrogens with zero attached hydrogens (tertiary/aromatic N) is 1. The molecule has 8 heteroatoms. The summed E-state index contributed by atoms with van der Waals surface area (Å²) in [5.41, 5.74) is 0.852. The van der Waals surface area contributed by atoms with Crippen LogP contribution in [0.3, 0.4) is 0 Å². The average molecular weight is 358 g/mol. The van der Waals surface area contributed by atoms with Gasteiger partial charge < -0.3 is 19.4 Å². The molecule has 2 aromatic rings. The minimum absolute atomic E-state index is 0.218. The van der Waals surface area contributed by atoms with E-state index in [9.17, 15) is 19.2 Å². The van der Waals surface area contributed by atoms with Crippen LogP contribution in [0, 0.1) is 0 Å². The Morgan fingerprint density at radius 2 is 1.81 bits per heavy atom. The van der Waals surface area contributed by atoms with Gasteiger partial charge in [-0.15, -0.1) is 0 Å². The summed E-state index contributed by atoms with van der Waals surface area (Å²) in [5.74, 6) is -1.60. The van der Waals surface area contributed by atoms with E-state index in [1.165, 1.54) is 23.9 Å². The molecule has 0 fully saturated rings. The summed E-state index contributed by atoms with van der Waals surface area (Å²) >= 11 is 0. The number of nitrogens with one attached hydrogen (secondary N) is 1. The third-order valence-corrected chi connectivity index (χ3v) is 3.43. The number of hydrogen-bond acceptors (Lipinski definition) is 6. The highest BCUT2D eigenvalue weighted by atomic mass is 16.5. The van der Waals surface area contributed by atoms with Gasteiger partial charge in [0.25, 0.3) is 11.5 Å². The van der Waals surface area contributed by atoms with Crippen LogP contribution in [0.15, 0.2) is 53.5 Å². The van der Waals surface area contributed by atoms with Gasteiger partial charge in [0.1, 0.15) is 6.54 Å². The largest absolute Gasteiger partial charge is 0.465 e. The third kappa shape index (κ3) is 5.59. The molecule has 8 nitrogen and oxygen atoms in total. The van der Waals surface area contributed by atoms with Crippen molar-refractivity contribution in [3.05, 3.63) is 70.1 Å². The van der Waals surface area contributed by atoms with Gasteiger partial charge in [0.15, 0.2) is 6.61 Å². The SMILES string of the molecule is COC(=O)c1ccc(CNC(=O)COC(=O)Cn2ccccc2=O)cc1. The molecule has 0 unspecified atom stereocenters. The molecule has 1 heterocycles. The van der Waals surface area contributed by atoms with Crippen molar-refractivity contribution in [1.29, 1.82) is 0 Å². The first-order chi connectivity index (χ1) is 12.5. The van der Waals surface area contributed by atoms with Gasteiger partial charge in [0, 0.05) is 18.8 Å². The molecule has 0 aliphatic carbocycles. The maximum absolute atomic E-state index is 11.7. The zero-order valence-electron chi connectivity index (χ0n) is 14.1. The molecular formula is C18H18N2O6. The molecular weight excluding hydrogens is 340 g/mol. The maximum atomic E-state index is 11.7. The molecule has 0 bridgehead atoms. The number of carbonyl (C=O) groups excluding carboxylic acids is 3. The standard InChI is InChI=1S/C18H18N2O6/c1-25-18(24)14-7-5-13(6-8-14)10-19-15(21)12-26-17(23)11-20-9-3-2-4-16(20)22/h2-9H,10-12H2,1H3,(H,19,21). The summed E-state index contributed by atoms with van der Waals surface area (Å²) in [7, 11) is 1.30. The van der Waals surface area contributed by atoms with Gasteiger partial charge in [-0.25, -0.2) is 4.79 Å². The molecule has 0 saturated carbocycles. The number of benzene rings is 1. The summed E-state index contributed by atoms with van der Waals surface area (Å²) in [6.45, 7) is -0.488. The van der Waals surface area contributed by atoms with Gasteiger partial charge in [-0.05, 0) is 23.8 Å². The van der Waals surface area contributed by atoms with Crippen LogP contribution in [0.25, 0.3) is 0 Å². The second-order valence-electron chi connectivity index (χ2n) is 5.29. The van der Waals surface area contributed by atoms with Crippen LogP contribution in [-0.2, 0) is 32.2 Å². The molecule has 0 aliphatic rings.